The van der Waals surface area contributed by atoms with Crippen LogP contribution in [0.2, 0.25) is 0 Å². The van der Waals surface area contributed by atoms with Gasteiger partial charge in [-0.25, -0.2) is 9.97 Å². The molecule has 3 aromatic rings. The molecule has 0 saturated carbocycles. The third-order valence-electron chi connectivity index (χ3n) is 4.58. The Hall–Kier alpha value is -2.35. The number of aryl methyl sites for hydroxylation is 1. The first-order valence-electron chi connectivity index (χ1n) is 9.10. The molecule has 7 heteroatoms. The van der Waals surface area contributed by atoms with Gasteiger partial charge in [-0.15, -0.1) is 11.3 Å². The standard InChI is InChI=1S/C20H22N4O2S/c1-14-21-12-18(27-14)15-3-4-16-11-22-19(10-17(16)9-15)23-20(25)13-24-5-2-7-26-8-6-24/h3-4,9-12H,2,5-8,13H2,1H3,(H,22,23,25). The van der Waals surface area contributed by atoms with Crippen molar-refractivity contribution in [1.82, 2.24) is 14.9 Å². The van der Waals surface area contributed by atoms with E-state index in [0.717, 1.165) is 52.3 Å². The number of aromatic nitrogens is 2. The fraction of sp³-hybridized carbons (Fsp3) is 0.350. The molecule has 27 heavy (non-hydrogen) atoms. The fourth-order valence-corrected chi connectivity index (χ4v) is 3.97. The van der Waals surface area contributed by atoms with Crippen LogP contribution in [-0.4, -0.2) is 53.6 Å². The van der Waals surface area contributed by atoms with Gasteiger partial charge in [0.25, 0.3) is 0 Å². The Morgan fingerprint density at radius 1 is 1.19 bits per heavy atom. The highest BCUT2D eigenvalue weighted by Gasteiger charge is 2.14. The number of pyridine rings is 1. The van der Waals surface area contributed by atoms with Crippen molar-refractivity contribution in [1.29, 1.82) is 0 Å². The Morgan fingerprint density at radius 3 is 2.96 bits per heavy atom. The lowest BCUT2D eigenvalue weighted by molar-refractivity contribution is -0.117. The lowest BCUT2D eigenvalue weighted by Crippen LogP contribution is -2.35. The van der Waals surface area contributed by atoms with E-state index >= 15 is 0 Å². The van der Waals surface area contributed by atoms with E-state index in [4.69, 9.17) is 4.74 Å². The lowest BCUT2D eigenvalue weighted by atomic mass is 10.1. The van der Waals surface area contributed by atoms with E-state index < -0.39 is 0 Å². The first-order chi connectivity index (χ1) is 13.2. The summed E-state index contributed by atoms with van der Waals surface area (Å²) in [6, 6.07) is 8.17. The number of rotatable bonds is 4. The van der Waals surface area contributed by atoms with E-state index in [2.05, 4.69) is 38.4 Å². The molecule has 1 aromatic carbocycles. The topological polar surface area (TPSA) is 67.4 Å². The minimum absolute atomic E-state index is 0.0435. The molecule has 0 radical (unpaired) electrons. The first kappa shape index (κ1) is 18.0. The monoisotopic (exact) mass is 382 g/mol. The number of nitrogens with zero attached hydrogens (tertiary/aromatic N) is 3. The van der Waals surface area contributed by atoms with Crippen molar-refractivity contribution in [3.8, 4) is 10.4 Å². The summed E-state index contributed by atoms with van der Waals surface area (Å²) in [5.74, 6) is 0.536. The smallest absolute Gasteiger partial charge is 0.239 e. The summed E-state index contributed by atoms with van der Waals surface area (Å²) in [6.45, 7) is 5.49. The molecular weight excluding hydrogens is 360 g/mol. The maximum absolute atomic E-state index is 12.4. The van der Waals surface area contributed by atoms with Gasteiger partial charge in [0.05, 0.1) is 23.0 Å². The Balaban J connectivity index is 1.49. The van der Waals surface area contributed by atoms with Crippen molar-refractivity contribution in [3.05, 3.63) is 41.7 Å². The average Bonchev–Trinajstić information content (AvgIpc) is 2.93. The molecule has 0 bridgehead atoms. The fourth-order valence-electron chi connectivity index (χ4n) is 3.20. The number of hydrogen-bond acceptors (Lipinski definition) is 6. The second kappa shape index (κ2) is 8.12. The van der Waals surface area contributed by atoms with E-state index in [-0.39, 0.29) is 5.91 Å². The maximum atomic E-state index is 12.4. The van der Waals surface area contributed by atoms with E-state index in [1.807, 2.05) is 19.2 Å². The Morgan fingerprint density at radius 2 is 2.11 bits per heavy atom. The number of nitrogens with one attached hydrogen (secondary N) is 1. The van der Waals surface area contributed by atoms with Gasteiger partial charge in [-0.3, -0.25) is 9.69 Å². The van der Waals surface area contributed by atoms with Crippen LogP contribution >= 0.6 is 11.3 Å². The quantitative estimate of drug-likeness (QED) is 0.750. The highest BCUT2D eigenvalue weighted by atomic mass is 32.1. The van der Waals surface area contributed by atoms with E-state index in [1.165, 1.54) is 0 Å². The highest BCUT2D eigenvalue weighted by molar-refractivity contribution is 7.15. The van der Waals surface area contributed by atoms with Crippen LogP contribution in [0.1, 0.15) is 11.4 Å². The number of hydrogen-bond donors (Lipinski definition) is 1. The molecular formula is C20H22N4O2S. The number of carbonyl (C=O) groups is 1. The summed E-state index contributed by atoms with van der Waals surface area (Å²) >= 11 is 1.67. The van der Waals surface area contributed by atoms with Crippen LogP contribution in [0.15, 0.2) is 36.7 Å². The Kier molecular flexibility index (Phi) is 5.42. The van der Waals surface area contributed by atoms with Gasteiger partial charge in [-0.05, 0) is 36.4 Å². The number of anilines is 1. The van der Waals surface area contributed by atoms with Crippen LogP contribution < -0.4 is 5.32 Å². The second-order valence-corrected chi connectivity index (χ2v) is 7.90. The zero-order chi connectivity index (χ0) is 18.6. The number of benzene rings is 1. The van der Waals surface area contributed by atoms with Gasteiger partial charge in [-0.2, -0.15) is 0 Å². The summed E-state index contributed by atoms with van der Waals surface area (Å²) < 4.78 is 5.43. The molecule has 140 valence electrons. The van der Waals surface area contributed by atoms with Crippen LogP contribution in [0.3, 0.4) is 0 Å². The predicted molar refractivity (Wildman–Crippen MR) is 108 cm³/mol. The van der Waals surface area contributed by atoms with Crippen molar-refractivity contribution < 1.29 is 9.53 Å². The van der Waals surface area contributed by atoms with Gasteiger partial charge < -0.3 is 10.1 Å². The van der Waals surface area contributed by atoms with Crippen molar-refractivity contribution in [2.45, 2.75) is 13.3 Å². The minimum atomic E-state index is -0.0435. The SMILES string of the molecule is Cc1ncc(-c2ccc3cnc(NC(=O)CN4CCCOCC4)cc3c2)s1. The van der Waals surface area contributed by atoms with Crippen molar-refractivity contribution in [3.63, 3.8) is 0 Å². The molecule has 1 N–H and O–H groups in total. The molecule has 1 fully saturated rings. The normalized spacial score (nSPS) is 15.6. The second-order valence-electron chi connectivity index (χ2n) is 6.67. The van der Waals surface area contributed by atoms with E-state index in [0.29, 0.717) is 19.0 Å². The summed E-state index contributed by atoms with van der Waals surface area (Å²) in [5, 5.41) is 6.06. The summed E-state index contributed by atoms with van der Waals surface area (Å²) in [7, 11) is 0. The van der Waals surface area contributed by atoms with Crippen LogP contribution in [0.4, 0.5) is 5.82 Å². The summed E-state index contributed by atoms with van der Waals surface area (Å²) in [4.78, 5) is 24.3. The minimum Gasteiger partial charge on any atom is -0.380 e. The number of carbonyl (C=O) groups excluding carboxylic acids is 1. The molecule has 6 nitrogen and oxygen atoms in total. The largest absolute Gasteiger partial charge is 0.380 e. The number of thiazole rings is 1. The molecule has 1 aliphatic heterocycles. The highest BCUT2D eigenvalue weighted by Crippen LogP contribution is 2.29. The molecule has 1 aliphatic rings. The van der Waals surface area contributed by atoms with Gasteiger partial charge in [0.2, 0.25) is 5.91 Å². The molecule has 3 heterocycles. The zero-order valence-electron chi connectivity index (χ0n) is 15.3. The van der Waals surface area contributed by atoms with Gasteiger partial charge >= 0.3 is 0 Å². The molecule has 2 aromatic heterocycles. The van der Waals surface area contributed by atoms with E-state index in [1.54, 1.807) is 17.5 Å². The summed E-state index contributed by atoms with van der Waals surface area (Å²) in [5.41, 5.74) is 1.13. The molecule has 0 unspecified atom stereocenters. The molecule has 4 rings (SSSR count). The molecule has 1 amide bonds. The van der Waals surface area contributed by atoms with Gasteiger partial charge in [0.1, 0.15) is 5.82 Å². The third-order valence-corrected chi connectivity index (χ3v) is 5.54. The van der Waals surface area contributed by atoms with Gasteiger partial charge in [0, 0.05) is 37.5 Å². The predicted octanol–water partition coefficient (Wildman–Crippen LogP) is 3.33. The van der Waals surface area contributed by atoms with Crippen molar-refractivity contribution in [2.75, 3.05) is 38.2 Å². The summed E-state index contributed by atoms with van der Waals surface area (Å²) in [6.07, 6.45) is 4.66. The van der Waals surface area contributed by atoms with Crippen LogP contribution in [0.25, 0.3) is 21.2 Å². The molecule has 1 saturated heterocycles. The Labute approximate surface area is 162 Å². The lowest BCUT2D eigenvalue weighted by Gasteiger charge is -2.18. The van der Waals surface area contributed by atoms with Crippen LogP contribution in [-0.2, 0) is 9.53 Å². The van der Waals surface area contributed by atoms with Gasteiger partial charge in [-0.1, -0.05) is 12.1 Å². The maximum Gasteiger partial charge on any atom is 0.239 e. The number of ether oxygens (including phenoxy) is 1. The van der Waals surface area contributed by atoms with Crippen LogP contribution in [0, 0.1) is 6.92 Å². The molecule has 0 aliphatic carbocycles. The number of fused-ring (bicyclic) bond motifs is 1. The number of amides is 1. The Bertz CT molecular complexity index is 948. The van der Waals surface area contributed by atoms with E-state index in [9.17, 15) is 4.79 Å². The van der Waals surface area contributed by atoms with Crippen molar-refractivity contribution >= 4 is 33.8 Å². The zero-order valence-corrected chi connectivity index (χ0v) is 16.1. The first-order valence-corrected chi connectivity index (χ1v) is 9.91. The van der Waals surface area contributed by atoms with Gasteiger partial charge in [0.15, 0.2) is 0 Å². The van der Waals surface area contributed by atoms with Crippen molar-refractivity contribution in [2.24, 2.45) is 0 Å². The third kappa shape index (κ3) is 4.50. The molecule has 0 spiro atoms. The van der Waals surface area contributed by atoms with Crippen LogP contribution in [0.5, 0.6) is 0 Å². The average molecular weight is 382 g/mol. The molecule has 0 atom stereocenters.